The van der Waals surface area contributed by atoms with Gasteiger partial charge in [0, 0.05) is 11.1 Å². The van der Waals surface area contributed by atoms with Crippen molar-refractivity contribution in [1.82, 2.24) is 15.4 Å². The topological polar surface area (TPSA) is 118 Å². The molecule has 0 radical (unpaired) electrons. The number of H-pyrrole nitrogens is 1. The number of nitrogens with zero attached hydrogens (tertiary/aromatic N) is 1. The number of rotatable bonds is 9. The first-order valence-corrected chi connectivity index (χ1v) is 10.5. The normalized spacial score (nSPS) is 11.7. The molecule has 0 fully saturated rings. The first-order valence-electron chi connectivity index (χ1n) is 9.70. The number of carbonyl (C=O) groups is 1. The highest BCUT2D eigenvalue weighted by Crippen LogP contribution is 2.41. The summed E-state index contributed by atoms with van der Waals surface area (Å²) in [6.07, 6.45) is 0. The standard InChI is InChI=1S/C22H25BrN4O5/c1-11(22(28)29)26-27-15-7-6-13(8-16(15)30-3)20-21(25-12(2)24-20)14-9-17(31-4)19(23)18(10-14)32-5/h6-11,26-27H,1-5H3,(H,24,25)(H,28,29)/t11-/m0/s1. The minimum Gasteiger partial charge on any atom is -0.495 e. The third-order valence-corrected chi connectivity index (χ3v) is 5.61. The zero-order valence-electron chi connectivity index (χ0n) is 18.4. The number of aromatic nitrogens is 2. The lowest BCUT2D eigenvalue weighted by Crippen LogP contribution is -2.37. The van der Waals surface area contributed by atoms with Gasteiger partial charge in [-0.3, -0.25) is 4.79 Å². The molecule has 0 spiro atoms. The van der Waals surface area contributed by atoms with E-state index in [1.165, 1.54) is 6.92 Å². The van der Waals surface area contributed by atoms with Gasteiger partial charge in [-0.25, -0.2) is 10.4 Å². The van der Waals surface area contributed by atoms with Crippen LogP contribution in [0.5, 0.6) is 17.2 Å². The van der Waals surface area contributed by atoms with Gasteiger partial charge in [0.05, 0.1) is 38.4 Å². The number of benzene rings is 2. The van der Waals surface area contributed by atoms with Crippen LogP contribution in [0.4, 0.5) is 5.69 Å². The van der Waals surface area contributed by atoms with Gasteiger partial charge in [-0.2, -0.15) is 0 Å². The number of aromatic amines is 1. The molecule has 10 heteroatoms. The Balaban J connectivity index is 2.03. The molecule has 3 aromatic rings. The minimum absolute atomic E-state index is 0.539. The van der Waals surface area contributed by atoms with Gasteiger partial charge in [0.1, 0.15) is 33.6 Å². The van der Waals surface area contributed by atoms with Crippen LogP contribution >= 0.6 is 15.9 Å². The van der Waals surface area contributed by atoms with Crippen LogP contribution in [0.2, 0.25) is 0 Å². The molecule has 0 saturated heterocycles. The summed E-state index contributed by atoms with van der Waals surface area (Å²) in [6.45, 7) is 3.42. The number of nitrogens with one attached hydrogen (secondary N) is 3. The molecule has 1 aromatic heterocycles. The van der Waals surface area contributed by atoms with E-state index in [-0.39, 0.29) is 0 Å². The van der Waals surface area contributed by atoms with Gasteiger partial charge in [0.2, 0.25) is 0 Å². The fourth-order valence-corrected chi connectivity index (χ4v) is 3.67. The summed E-state index contributed by atoms with van der Waals surface area (Å²) >= 11 is 3.49. The SMILES string of the molecule is COc1cc(-c2[nH]c(C)nc2-c2cc(OC)c(Br)c(OC)c2)ccc1NN[C@@H](C)C(=O)O. The number of carboxylic acids is 1. The van der Waals surface area contributed by atoms with Crippen LogP contribution in [0.15, 0.2) is 34.8 Å². The van der Waals surface area contributed by atoms with Crippen LogP contribution in [0, 0.1) is 6.92 Å². The van der Waals surface area contributed by atoms with Crippen molar-refractivity contribution >= 4 is 27.6 Å². The second kappa shape index (κ2) is 9.92. The monoisotopic (exact) mass is 504 g/mol. The van der Waals surface area contributed by atoms with Crippen LogP contribution in [0.25, 0.3) is 22.5 Å². The molecular formula is C22H25BrN4O5. The minimum atomic E-state index is -0.967. The number of carboxylic acid groups (broad SMARTS) is 1. The van der Waals surface area contributed by atoms with Crippen molar-refractivity contribution in [3.05, 3.63) is 40.6 Å². The van der Waals surface area contributed by atoms with Gasteiger partial charge in [0.15, 0.2) is 0 Å². The van der Waals surface area contributed by atoms with Crippen LogP contribution in [-0.4, -0.2) is 48.4 Å². The fraction of sp³-hybridized carbons (Fsp3) is 0.273. The summed E-state index contributed by atoms with van der Waals surface area (Å²) in [5.74, 6) is 1.57. The molecule has 32 heavy (non-hydrogen) atoms. The molecule has 1 heterocycles. The lowest BCUT2D eigenvalue weighted by atomic mass is 10.0. The number of aryl methyl sites for hydroxylation is 1. The molecule has 0 amide bonds. The lowest BCUT2D eigenvalue weighted by Gasteiger charge is -2.16. The van der Waals surface area contributed by atoms with E-state index in [9.17, 15) is 4.79 Å². The first-order chi connectivity index (χ1) is 15.3. The molecule has 0 unspecified atom stereocenters. The zero-order chi connectivity index (χ0) is 23.4. The van der Waals surface area contributed by atoms with Gasteiger partial charge in [-0.15, -0.1) is 0 Å². The number of methoxy groups -OCH3 is 3. The summed E-state index contributed by atoms with van der Waals surface area (Å²) in [4.78, 5) is 19.0. The number of halogens is 1. The highest BCUT2D eigenvalue weighted by molar-refractivity contribution is 9.10. The van der Waals surface area contributed by atoms with Crippen LogP contribution in [-0.2, 0) is 4.79 Å². The van der Waals surface area contributed by atoms with Crippen molar-refractivity contribution in [2.24, 2.45) is 0 Å². The predicted molar refractivity (Wildman–Crippen MR) is 125 cm³/mol. The zero-order valence-corrected chi connectivity index (χ0v) is 20.0. The highest BCUT2D eigenvalue weighted by atomic mass is 79.9. The number of anilines is 1. The smallest absolute Gasteiger partial charge is 0.322 e. The molecule has 0 aliphatic heterocycles. The Morgan fingerprint density at radius 2 is 1.66 bits per heavy atom. The van der Waals surface area contributed by atoms with Crippen LogP contribution < -0.4 is 25.1 Å². The Hall–Kier alpha value is -3.24. The van der Waals surface area contributed by atoms with Crippen molar-refractivity contribution in [3.63, 3.8) is 0 Å². The van der Waals surface area contributed by atoms with E-state index in [1.807, 2.05) is 31.2 Å². The molecule has 0 bridgehead atoms. The van der Waals surface area contributed by atoms with Crippen LogP contribution in [0.3, 0.4) is 0 Å². The Kier molecular flexibility index (Phi) is 7.26. The van der Waals surface area contributed by atoms with E-state index in [2.05, 4.69) is 36.7 Å². The lowest BCUT2D eigenvalue weighted by molar-refractivity contribution is -0.138. The Bertz CT molecular complexity index is 1110. The quantitative estimate of drug-likeness (QED) is 0.319. The number of ether oxygens (including phenoxy) is 3. The van der Waals surface area contributed by atoms with E-state index in [0.717, 1.165) is 32.8 Å². The number of hydrogen-bond donors (Lipinski definition) is 4. The van der Waals surface area contributed by atoms with E-state index < -0.39 is 12.0 Å². The summed E-state index contributed by atoms with van der Waals surface area (Å²) in [7, 11) is 4.74. The number of hydrogen-bond acceptors (Lipinski definition) is 7. The van der Waals surface area contributed by atoms with Gasteiger partial charge >= 0.3 is 5.97 Å². The molecule has 2 aromatic carbocycles. The van der Waals surface area contributed by atoms with Crippen molar-refractivity contribution in [3.8, 4) is 39.8 Å². The molecule has 0 aliphatic rings. The maximum Gasteiger partial charge on any atom is 0.322 e. The summed E-state index contributed by atoms with van der Waals surface area (Å²) in [5, 5.41) is 9.05. The summed E-state index contributed by atoms with van der Waals surface area (Å²) in [6, 6.07) is 8.54. The molecule has 9 nitrogen and oxygen atoms in total. The molecule has 170 valence electrons. The van der Waals surface area contributed by atoms with E-state index >= 15 is 0 Å². The highest BCUT2D eigenvalue weighted by Gasteiger charge is 2.19. The van der Waals surface area contributed by atoms with Crippen LogP contribution in [0.1, 0.15) is 12.7 Å². The van der Waals surface area contributed by atoms with E-state index in [4.69, 9.17) is 19.3 Å². The average Bonchev–Trinajstić information content (AvgIpc) is 3.18. The Morgan fingerprint density at radius 3 is 2.22 bits per heavy atom. The molecule has 0 saturated carbocycles. The predicted octanol–water partition coefficient (Wildman–Crippen LogP) is 4.23. The number of aliphatic carboxylic acids is 1. The maximum atomic E-state index is 11.0. The third-order valence-electron chi connectivity index (χ3n) is 4.83. The molecule has 0 aliphatic carbocycles. The molecule has 4 N–H and O–H groups in total. The van der Waals surface area contributed by atoms with Crippen molar-refractivity contribution in [1.29, 1.82) is 0 Å². The second-order valence-corrected chi connectivity index (χ2v) is 7.78. The van der Waals surface area contributed by atoms with Crippen molar-refractivity contribution < 1.29 is 24.1 Å². The summed E-state index contributed by atoms with van der Waals surface area (Å²) < 4.78 is 17.2. The van der Waals surface area contributed by atoms with Gasteiger partial charge < -0.3 is 29.7 Å². The largest absolute Gasteiger partial charge is 0.495 e. The Morgan fingerprint density at radius 1 is 1.06 bits per heavy atom. The molecule has 3 rings (SSSR count). The van der Waals surface area contributed by atoms with E-state index in [1.54, 1.807) is 27.4 Å². The number of imidazole rings is 1. The first kappa shape index (κ1) is 23.4. The summed E-state index contributed by atoms with van der Waals surface area (Å²) in [5.41, 5.74) is 9.41. The number of hydrazine groups is 1. The van der Waals surface area contributed by atoms with Gasteiger partial charge in [0.25, 0.3) is 0 Å². The molecular weight excluding hydrogens is 480 g/mol. The van der Waals surface area contributed by atoms with Crippen molar-refractivity contribution in [2.75, 3.05) is 26.8 Å². The van der Waals surface area contributed by atoms with Crippen molar-refractivity contribution in [2.45, 2.75) is 19.9 Å². The van der Waals surface area contributed by atoms with Gasteiger partial charge in [-0.05, 0) is 54.0 Å². The average molecular weight is 505 g/mol. The second-order valence-electron chi connectivity index (χ2n) is 6.98. The van der Waals surface area contributed by atoms with E-state index in [0.29, 0.717) is 22.9 Å². The molecule has 1 atom stereocenters. The third kappa shape index (κ3) is 4.81. The fourth-order valence-electron chi connectivity index (χ4n) is 3.11. The Labute approximate surface area is 194 Å². The maximum absolute atomic E-state index is 11.0. The van der Waals surface area contributed by atoms with Gasteiger partial charge in [-0.1, -0.05) is 6.07 Å².